The topological polar surface area (TPSA) is 124 Å². The molecule has 24 heavy (non-hydrogen) atoms. The van der Waals surface area contributed by atoms with E-state index in [9.17, 15) is 24.5 Å². The lowest BCUT2D eigenvalue weighted by Crippen LogP contribution is -2.36. The van der Waals surface area contributed by atoms with Crippen molar-refractivity contribution >= 4 is 40.7 Å². The van der Waals surface area contributed by atoms with Crippen LogP contribution in [-0.4, -0.2) is 27.5 Å². The average Bonchev–Trinajstić information content (AvgIpc) is 2.79. The molecule has 3 amide bonds. The number of amides is 3. The Morgan fingerprint density at radius 1 is 1.17 bits per heavy atom. The van der Waals surface area contributed by atoms with Crippen LogP contribution in [0.5, 0.6) is 0 Å². The Kier molecular flexibility index (Phi) is 3.53. The number of imide groups is 3. The molecule has 0 aromatic heterocycles. The largest absolute Gasteiger partial charge is 0.398 e. The van der Waals surface area contributed by atoms with Crippen LogP contribution in [0.15, 0.2) is 36.4 Å². The fraction of sp³-hybridized carbons (Fsp3) is 0. The molecule has 0 atom stereocenters. The molecular weight excluding hydrogens is 338 g/mol. The van der Waals surface area contributed by atoms with Crippen molar-refractivity contribution in [2.24, 2.45) is 0 Å². The third-order valence-corrected chi connectivity index (χ3v) is 3.86. The summed E-state index contributed by atoms with van der Waals surface area (Å²) in [5.41, 5.74) is 5.01. The standard InChI is InChI=1S/C15H8ClN3O5/c16-9-5-4-7(6-11(9)19(23)24)13(20)18-14(21)8-2-1-3-10(17)12(8)15(18)22/h1-6H,17H2. The van der Waals surface area contributed by atoms with Gasteiger partial charge in [-0.25, -0.2) is 4.90 Å². The monoisotopic (exact) mass is 345 g/mol. The first-order valence-corrected chi connectivity index (χ1v) is 6.96. The second-order valence-electron chi connectivity index (χ2n) is 4.94. The summed E-state index contributed by atoms with van der Waals surface area (Å²) in [5, 5.41) is 10.8. The first kappa shape index (κ1) is 15.6. The summed E-state index contributed by atoms with van der Waals surface area (Å²) in [5.74, 6) is -2.68. The molecule has 0 radical (unpaired) electrons. The minimum Gasteiger partial charge on any atom is -0.398 e. The smallest absolute Gasteiger partial charge is 0.288 e. The Balaban J connectivity index is 2.05. The van der Waals surface area contributed by atoms with E-state index in [1.807, 2.05) is 0 Å². The summed E-state index contributed by atoms with van der Waals surface area (Å²) in [6, 6.07) is 7.57. The summed E-state index contributed by atoms with van der Waals surface area (Å²) in [4.78, 5) is 47.8. The van der Waals surface area contributed by atoms with E-state index in [0.29, 0.717) is 4.90 Å². The number of nitrogen functional groups attached to an aromatic ring is 1. The van der Waals surface area contributed by atoms with Crippen LogP contribution in [0.25, 0.3) is 0 Å². The molecule has 0 unspecified atom stereocenters. The number of nitro groups is 1. The fourth-order valence-electron chi connectivity index (χ4n) is 2.41. The summed E-state index contributed by atoms with van der Waals surface area (Å²) in [7, 11) is 0. The molecule has 0 fully saturated rings. The lowest BCUT2D eigenvalue weighted by molar-refractivity contribution is -0.384. The highest BCUT2D eigenvalue weighted by Crippen LogP contribution is 2.30. The van der Waals surface area contributed by atoms with Crippen molar-refractivity contribution in [2.45, 2.75) is 0 Å². The van der Waals surface area contributed by atoms with E-state index in [1.54, 1.807) is 0 Å². The SMILES string of the molecule is Nc1cccc2c1C(=O)N(C(=O)c1ccc(Cl)c([N+](=O)[O-])c1)C2=O. The Morgan fingerprint density at radius 2 is 1.88 bits per heavy atom. The van der Waals surface area contributed by atoms with Gasteiger partial charge in [-0.05, 0) is 24.3 Å². The van der Waals surface area contributed by atoms with Gasteiger partial charge in [-0.15, -0.1) is 0 Å². The van der Waals surface area contributed by atoms with Gasteiger partial charge in [-0.3, -0.25) is 24.5 Å². The molecular formula is C15H8ClN3O5. The van der Waals surface area contributed by atoms with Gasteiger partial charge in [0.2, 0.25) is 0 Å². The number of benzene rings is 2. The summed E-state index contributed by atoms with van der Waals surface area (Å²) < 4.78 is 0. The number of nitro benzene ring substituents is 1. The van der Waals surface area contributed by atoms with Gasteiger partial charge in [0.15, 0.2) is 0 Å². The molecule has 0 saturated carbocycles. The number of hydrogen-bond acceptors (Lipinski definition) is 6. The highest BCUT2D eigenvalue weighted by atomic mass is 35.5. The third-order valence-electron chi connectivity index (χ3n) is 3.54. The highest BCUT2D eigenvalue weighted by molar-refractivity contribution is 6.34. The molecule has 0 spiro atoms. The first-order chi connectivity index (χ1) is 11.3. The number of rotatable bonds is 2. The van der Waals surface area contributed by atoms with Crippen molar-refractivity contribution in [3.63, 3.8) is 0 Å². The van der Waals surface area contributed by atoms with Crippen molar-refractivity contribution in [1.82, 2.24) is 4.90 Å². The first-order valence-electron chi connectivity index (χ1n) is 6.58. The molecule has 120 valence electrons. The van der Waals surface area contributed by atoms with Crippen LogP contribution in [0, 0.1) is 10.1 Å². The minimum atomic E-state index is -0.986. The lowest BCUT2D eigenvalue weighted by Gasteiger charge is -2.12. The lowest BCUT2D eigenvalue weighted by atomic mass is 10.1. The van der Waals surface area contributed by atoms with Crippen LogP contribution >= 0.6 is 11.6 Å². The predicted octanol–water partition coefficient (Wildman–Crippen LogP) is 2.27. The van der Waals surface area contributed by atoms with E-state index in [-0.39, 0.29) is 27.4 Å². The van der Waals surface area contributed by atoms with Crippen LogP contribution < -0.4 is 5.73 Å². The maximum Gasteiger partial charge on any atom is 0.288 e. The molecule has 1 heterocycles. The summed E-state index contributed by atoms with van der Waals surface area (Å²) in [6.45, 7) is 0. The van der Waals surface area contributed by atoms with Crippen molar-refractivity contribution in [1.29, 1.82) is 0 Å². The van der Waals surface area contributed by atoms with E-state index in [0.717, 1.165) is 12.1 Å². The molecule has 2 aromatic carbocycles. The second kappa shape index (κ2) is 5.43. The van der Waals surface area contributed by atoms with Crippen molar-refractivity contribution in [2.75, 3.05) is 5.73 Å². The van der Waals surface area contributed by atoms with Gasteiger partial charge in [0, 0.05) is 17.3 Å². The zero-order chi connectivity index (χ0) is 17.6. The summed E-state index contributed by atoms with van der Waals surface area (Å²) >= 11 is 5.69. The molecule has 0 bridgehead atoms. The molecule has 2 aromatic rings. The van der Waals surface area contributed by atoms with E-state index in [4.69, 9.17) is 17.3 Å². The predicted molar refractivity (Wildman–Crippen MR) is 83.8 cm³/mol. The Morgan fingerprint density at radius 3 is 2.50 bits per heavy atom. The molecule has 3 rings (SSSR count). The van der Waals surface area contributed by atoms with Gasteiger partial charge in [0.05, 0.1) is 16.1 Å². The van der Waals surface area contributed by atoms with Crippen LogP contribution in [0.2, 0.25) is 5.02 Å². The molecule has 1 aliphatic rings. The van der Waals surface area contributed by atoms with Gasteiger partial charge in [0.1, 0.15) is 5.02 Å². The Bertz CT molecular complexity index is 941. The Hall–Kier alpha value is -3.26. The number of carbonyl (C=O) groups excluding carboxylic acids is 3. The van der Waals surface area contributed by atoms with E-state index >= 15 is 0 Å². The minimum absolute atomic E-state index is 0.0109. The zero-order valence-corrected chi connectivity index (χ0v) is 12.6. The van der Waals surface area contributed by atoms with Crippen LogP contribution in [0.1, 0.15) is 31.1 Å². The third kappa shape index (κ3) is 2.20. The van der Waals surface area contributed by atoms with E-state index in [2.05, 4.69) is 0 Å². The number of halogens is 1. The molecule has 9 heteroatoms. The molecule has 8 nitrogen and oxygen atoms in total. The van der Waals surface area contributed by atoms with E-state index in [1.165, 1.54) is 24.3 Å². The van der Waals surface area contributed by atoms with Crippen molar-refractivity contribution < 1.29 is 19.3 Å². The number of nitrogens with zero attached hydrogens (tertiary/aromatic N) is 2. The number of anilines is 1. The summed E-state index contributed by atoms with van der Waals surface area (Å²) in [6.07, 6.45) is 0. The van der Waals surface area contributed by atoms with Gasteiger partial charge in [-0.2, -0.15) is 0 Å². The fourth-order valence-corrected chi connectivity index (χ4v) is 2.60. The van der Waals surface area contributed by atoms with Crippen LogP contribution in [-0.2, 0) is 0 Å². The van der Waals surface area contributed by atoms with Crippen molar-refractivity contribution in [3.05, 3.63) is 68.2 Å². The van der Waals surface area contributed by atoms with Gasteiger partial charge < -0.3 is 5.73 Å². The zero-order valence-electron chi connectivity index (χ0n) is 11.9. The van der Waals surface area contributed by atoms with Crippen molar-refractivity contribution in [3.8, 4) is 0 Å². The normalized spacial score (nSPS) is 13.1. The Labute approximate surface area is 139 Å². The number of nitrogens with two attached hydrogens (primary N) is 1. The molecule has 0 aliphatic carbocycles. The number of fused-ring (bicyclic) bond motifs is 1. The average molecular weight is 346 g/mol. The maximum absolute atomic E-state index is 12.5. The van der Waals surface area contributed by atoms with Gasteiger partial charge in [0.25, 0.3) is 23.4 Å². The molecule has 2 N–H and O–H groups in total. The van der Waals surface area contributed by atoms with Crippen LogP contribution in [0.3, 0.4) is 0 Å². The number of hydrogen-bond donors (Lipinski definition) is 1. The molecule has 1 aliphatic heterocycles. The number of carbonyl (C=O) groups is 3. The van der Waals surface area contributed by atoms with Crippen LogP contribution in [0.4, 0.5) is 11.4 Å². The van der Waals surface area contributed by atoms with E-state index < -0.39 is 28.3 Å². The maximum atomic E-state index is 12.5. The van der Waals surface area contributed by atoms with Gasteiger partial charge >= 0.3 is 0 Å². The quantitative estimate of drug-likeness (QED) is 0.385. The van der Waals surface area contributed by atoms with Gasteiger partial charge in [-0.1, -0.05) is 17.7 Å². The highest BCUT2D eigenvalue weighted by Gasteiger charge is 2.41. The molecule has 0 saturated heterocycles. The second-order valence-corrected chi connectivity index (χ2v) is 5.35.